The predicted molar refractivity (Wildman–Crippen MR) is 67.7 cm³/mol. The van der Waals surface area contributed by atoms with E-state index >= 15 is 0 Å². The number of aliphatic hydroxyl groups excluding tert-OH is 1. The van der Waals surface area contributed by atoms with Gasteiger partial charge in [-0.05, 0) is 13.0 Å². The predicted octanol–water partition coefficient (Wildman–Crippen LogP) is 0.426. The SMILES string of the molecule is COc1cc(F)c(C(=O)N[C@@H]2CCNC[C@H]2O)c(F)c1. The maximum atomic E-state index is 13.7. The molecule has 7 heteroatoms. The number of piperidine rings is 1. The lowest BCUT2D eigenvalue weighted by Crippen LogP contribution is -2.52. The van der Waals surface area contributed by atoms with Crippen LogP contribution >= 0.6 is 0 Å². The minimum atomic E-state index is -0.997. The number of hydrogen-bond donors (Lipinski definition) is 3. The van der Waals surface area contributed by atoms with E-state index in [0.717, 1.165) is 12.1 Å². The summed E-state index contributed by atoms with van der Waals surface area (Å²) in [6.07, 6.45) is -0.288. The molecule has 0 aliphatic carbocycles. The van der Waals surface area contributed by atoms with Gasteiger partial charge >= 0.3 is 0 Å². The molecule has 1 aromatic rings. The second-order valence-electron chi connectivity index (χ2n) is 4.61. The van der Waals surface area contributed by atoms with Crippen molar-refractivity contribution in [2.45, 2.75) is 18.6 Å². The third-order valence-electron chi connectivity index (χ3n) is 3.24. The molecule has 0 spiro atoms. The van der Waals surface area contributed by atoms with E-state index in [9.17, 15) is 18.7 Å². The molecule has 1 aliphatic rings. The zero-order valence-corrected chi connectivity index (χ0v) is 11.0. The molecule has 0 bridgehead atoms. The molecule has 1 fully saturated rings. The van der Waals surface area contributed by atoms with Crippen LogP contribution in [0.3, 0.4) is 0 Å². The number of carbonyl (C=O) groups is 1. The number of nitrogens with one attached hydrogen (secondary N) is 2. The number of rotatable bonds is 3. The molecule has 0 unspecified atom stereocenters. The van der Waals surface area contributed by atoms with Gasteiger partial charge in [-0.25, -0.2) is 8.78 Å². The molecule has 20 heavy (non-hydrogen) atoms. The van der Waals surface area contributed by atoms with Crippen LogP contribution in [0, 0.1) is 11.6 Å². The smallest absolute Gasteiger partial charge is 0.257 e. The highest BCUT2D eigenvalue weighted by molar-refractivity contribution is 5.95. The second-order valence-corrected chi connectivity index (χ2v) is 4.61. The molecule has 1 aromatic carbocycles. The molecule has 1 saturated heterocycles. The van der Waals surface area contributed by atoms with E-state index in [-0.39, 0.29) is 5.75 Å². The van der Waals surface area contributed by atoms with Crippen molar-refractivity contribution in [1.82, 2.24) is 10.6 Å². The van der Waals surface area contributed by atoms with E-state index in [0.29, 0.717) is 19.5 Å². The van der Waals surface area contributed by atoms with E-state index in [4.69, 9.17) is 4.74 Å². The number of ether oxygens (including phenoxy) is 1. The summed E-state index contributed by atoms with van der Waals surface area (Å²) >= 11 is 0. The van der Waals surface area contributed by atoms with Gasteiger partial charge in [0.2, 0.25) is 0 Å². The summed E-state index contributed by atoms with van der Waals surface area (Å²) < 4.78 is 32.2. The third kappa shape index (κ3) is 3.05. The van der Waals surface area contributed by atoms with Crippen molar-refractivity contribution < 1.29 is 23.4 Å². The lowest BCUT2D eigenvalue weighted by molar-refractivity contribution is 0.0758. The first kappa shape index (κ1) is 14.7. The number of β-amino-alcohol motifs (C(OH)–C–C–N with tert-alkyl or cyclic N) is 1. The van der Waals surface area contributed by atoms with Gasteiger partial charge in [0.1, 0.15) is 22.9 Å². The van der Waals surface area contributed by atoms with E-state index in [1.165, 1.54) is 7.11 Å². The van der Waals surface area contributed by atoms with Crippen LogP contribution < -0.4 is 15.4 Å². The van der Waals surface area contributed by atoms with Gasteiger partial charge in [0, 0.05) is 18.7 Å². The van der Waals surface area contributed by atoms with Crippen LogP contribution in [0.2, 0.25) is 0 Å². The van der Waals surface area contributed by atoms with Crippen LogP contribution in [0.1, 0.15) is 16.8 Å². The molecule has 1 heterocycles. The number of aliphatic hydroxyl groups is 1. The molecule has 110 valence electrons. The molecule has 2 rings (SSSR count). The van der Waals surface area contributed by atoms with Gasteiger partial charge in [-0.1, -0.05) is 0 Å². The van der Waals surface area contributed by atoms with Crippen LogP contribution in [0.15, 0.2) is 12.1 Å². The average molecular weight is 286 g/mol. The number of hydrogen-bond acceptors (Lipinski definition) is 4. The normalized spacial score (nSPS) is 22.4. The summed E-state index contributed by atoms with van der Waals surface area (Å²) in [6, 6.07) is 1.36. The van der Waals surface area contributed by atoms with Crippen molar-refractivity contribution in [3.63, 3.8) is 0 Å². The van der Waals surface area contributed by atoms with Crippen LogP contribution in [0.5, 0.6) is 5.75 Å². The first-order chi connectivity index (χ1) is 9.52. The lowest BCUT2D eigenvalue weighted by Gasteiger charge is -2.29. The number of benzene rings is 1. The lowest BCUT2D eigenvalue weighted by atomic mass is 10.0. The Morgan fingerprint density at radius 2 is 2.10 bits per heavy atom. The standard InChI is InChI=1S/C13H16F2N2O3/c1-20-7-4-8(14)12(9(15)5-7)13(19)17-10-2-3-16-6-11(10)18/h4-5,10-11,16,18H,2-3,6H2,1H3,(H,17,19)/t10-,11-/m1/s1. The zero-order chi connectivity index (χ0) is 14.7. The van der Waals surface area contributed by atoms with Crippen LogP contribution in [-0.4, -0.2) is 43.4 Å². The highest BCUT2D eigenvalue weighted by Crippen LogP contribution is 2.20. The number of halogens is 2. The molecule has 1 aliphatic heterocycles. The minimum Gasteiger partial charge on any atom is -0.497 e. The van der Waals surface area contributed by atoms with Gasteiger partial charge in [-0.2, -0.15) is 0 Å². The van der Waals surface area contributed by atoms with E-state index in [2.05, 4.69) is 10.6 Å². The van der Waals surface area contributed by atoms with Crippen molar-refractivity contribution in [1.29, 1.82) is 0 Å². The highest BCUT2D eigenvalue weighted by Gasteiger charge is 2.27. The Morgan fingerprint density at radius 3 is 2.65 bits per heavy atom. The average Bonchev–Trinajstić information content (AvgIpc) is 2.40. The number of carbonyl (C=O) groups excluding carboxylic acids is 1. The fraction of sp³-hybridized carbons (Fsp3) is 0.462. The monoisotopic (exact) mass is 286 g/mol. The van der Waals surface area contributed by atoms with Crippen LogP contribution in [-0.2, 0) is 0 Å². The first-order valence-corrected chi connectivity index (χ1v) is 6.25. The Morgan fingerprint density at radius 1 is 1.45 bits per heavy atom. The summed E-state index contributed by atoms with van der Waals surface area (Å²) in [5.74, 6) is -2.88. The van der Waals surface area contributed by atoms with Crippen molar-refractivity contribution in [3.05, 3.63) is 29.3 Å². The summed E-state index contributed by atoms with van der Waals surface area (Å²) in [7, 11) is 1.28. The molecule has 0 aromatic heterocycles. The fourth-order valence-electron chi connectivity index (χ4n) is 2.14. The summed E-state index contributed by atoms with van der Waals surface area (Å²) in [6.45, 7) is 0.952. The Bertz CT molecular complexity index is 487. The largest absolute Gasteiger partial charge is 0.497 e. The van der Waals surface area contributed by atoms with Gasteiger partial charge in [0.05, 0.1) is 19.3 Å². The Labute approximate surface area is 114 Å². The molecule has 1 amide bonds. The van der Waals surface area contributed by atoms with Gasteiger partial charge in [0.25, 0.3) is 5.91 Å². The summed E-state index contributed by atoms with van der Waals surface area (Å²) in [5, 5.41) is 15.1. The summed E-state index contributed by atoms with van der Waals surface area (Å²) in [5.41, 5.74) is -0.670. The van der Waals surface area contributed by atoms with Crippen molar-refractivity contribution >= 4 is 5.91 Å². The fourth-order valence-corrected chi connectivity index (χ4v) is 2.14. The first-order valence-electron chi connectivity index (χ1n) is 6.25. The zero-order valence-electron chi connectivity index (χ0n) is 11.0. The van der Waals surface area contributed by atoms with Gasteiger partial charge in [0.15, 0.2) is 0 Å². The van der Waals surface area contributed by atoms with Crippen molar-refractivity contribution in [2.75, 3.05) is 20.2 Å². The molecular formula is C13H16F2N2O3. The van der Waals surface area contributed by atoms with Crippen molar-refractivity contribution in [2.24, 2.45) is 0 Å². The maximum absolute atomic E-state index is 13.7. The molecule has 3 N–H and O–H groups in total. The van der Waals surface area contributed by atoms with Crippen LogP contribution in [0.25, 0.3) is 0 Å². The third-order valence-corrected chi connectivity index (χ3v) is 3.24. The Kier molecular flexibility index (Phi) is 4.51. The molecule has 0 radical (unpaired) electrons. The van der Waals surface area contributed by atoms with E-state index < -0.39 is 35.3 Å². The topological polar surface area (TPSA) is 70.6 Å². The van der Waals surface area contributed by atoms with E-state index in [1.54, 1.807) is 0 Å². The number of methoxy groups -OCH3 is 1. The van der Waals surface area contributed by atoms with Crippen molar-refractivity contribution in [3.8, 4) is 5.75 Å². The quantitative estimate of drug-likeness (QED) is 0.753. The Balaban J connectivity index is 2.16. The molecule has 2 atom stereocenters. The molecule has 0 saturated carbocycles. The van der Waals surface area contributed by atoms with Gasteiger partial charge in [-0.15, -0.1) is 0 Å². The van der Waals surface area contributed by atoms with Crippen LogP contribution in [0.4, 0.5) is 8.78 Å². The highest BCUT2D eigenvalue weighted by atomic mass is 19.1. The Hall–Kier alpha value is -1.73. The van der Waals surface area contributed by atoms with Gasteiger partial charge < -0.3 is 20.5 Å². The minimum absolute atomic E-state index is 0.00143. The second kappa shape index (κ2) is 6.15. The maximum Gasteiger partial charge on any atom is 0.257 e. The number of amides is 1. The molecular weight excluding hydrogens is 270 g/mol. The van der Waals surface area contributed by atoms with E-state index in [1.807, 2.05) is 0 Å². The van der Waals surface area contributed by atoms with Gasteiger partial charge in [-0.3, -0.25) is 4.79 Å². The molecule has 5 nitrogen and oxygen atoms in total. The summed E-state index contributed by atoms with van der Waals surface area (Å²) in [4.78, 5) is 11.9.